The first kappa shape index (κ1) is 15.6. The first-order valence-corrected chi connectivity index (χ1v) is 4.52. The van der Waals surface area contributed by atoms with Gasteiger partial charge in [-0.3, -0.25) is 0 Å². The maximum Gasteiger partial charge on any atom is 0.330 e. The fraction of sp³-hybridized carbons (Fsp3) is 0.700. The lowest BCUT2D eigenvalue weighted by Crippen LogP contribution is -2.19. The molecule has 0 aliphatic carbocycles. The fourth-order valence-corrected chi connectivity index (χ4v) is 0.462. The molecule has 14 heavy (non-hydrogen) atoms. The highest BCUT2D eigenvalue weighted by atomic mass is 16.5. The van der Waals surface area contributed by atoms with E-state index in [9.17, 15) is 4.79 Å². The van der Waals surface area contributed by atoms with E-state index in [4.69, 9.17) is 9.84 Å². The summed E-state index contributed by atoms with van der Waals surface area (Å²) < 4.78 is 4.69. The van der Waals surface area contributed by atoms with Crippen LogP contribution in [0.2, 0.25) is 0 Å². The Bertz CT molecular complexity index is 151. The highest BCUT2D eigenvalue weighted by Crippen LogP contribution is 1.96. The SMILES string of the molecule is C=CC(=O)OC(CC)CO.CN(C)C. The van der Waals surface area contributed by atoms with Gasteiger partial charge in [0.05, 0.1) is 6.61 Å². The molecule has 0 aliphatic heterocycles. The number of aliphatic hydroxyl groups is 1. The van der Waals surface area contributed by atoms with Crippen molar-refractivity contribution in [3.63, 3.8) is 0 Å². The van der Waals surface area contributed by atoms with Crippen LogP contribution in [0.15, 0.2) is 12.7 Å². The number of esters is 1. The van der Waals surface area contributed by atoms with Gasteiger partial charge in [-0.25, -0.2) is 4.79 Å². The maximum atomic E-state index is 10.5. The third-order valence-electron chi connectivity index (χ3n) is 1.11. The Morgan fingerprint density at radius 2 is 2.00 bits per heavy atom. The summed E-state index contributed by atoms with van der Waals surface area (Å²) in [5.41, 5.74) is 0. The molecule has 0 spiro atoms. The molecule has 0 rings (SSSR count). The van der Waals surface area contributed by atoms with Gasteiger partial charge in [0.25, 0.3) is 0 Å². The Labute approximate surface area is 86.2 Å². The maximum absolute atomic E-state index is 10.5. The van der Waals surface area contributed by atoms with Crippen LogP contribution in [0.5, 0.6) is 0 Å². The molecule has 0 aliphatic rings. The molecule has 0 aromatic carbocycles. The number of hydrogen-bond acceptors (Lipinski definition) is 4. The minimum Gasteiger partial charge on any atom is -0.457 e. The molecule has 0 radical (unpaired) electrons. The molecule has 4 nitrogen and oxygen atoms in total. The minimum absolute atomic E-state index is 0.129. The number of aliphatic hydroxyl groups excluding tert-OH is 1. The zero-order valence-corrected chi connectivity index (χ0v) is 9.49. The summed E-state index contributed by atoms with van der Waals surface area (Å²) >= 11 is 0. The van der Waals surface area contributed by atoms with Crippen LogP contribution in [0.3, 0.4) is 0 Å². The Morgan fingerprint density at radius 1 is 1.57 bits per heavy atom. The predicted octanol–water partition coefficient (Wildman–Crippen LogP) is 0.664. The van der Waals surface area contributed by atoms with Gasteiger partial charge in [0, 0.05) is 6.08 Å². The summed E-state index contributed by atoms with van der Waals surface area (Å²) in [6, 6.07) is 0. The van der Waals surface area contributed by atoms with E-state index in [-0.39, 0.29) is 12.7 Å². The van der Waals surface area contributed by atoms with Gasteiger partial charge in [0.1, 0.15) is 6.10 Å². The van der Waals surface area contributed by atoms with Gasteiger partial charge in [-0.15, -0.1) is 0 Å². The van der Waals surface area contributed by atoms with Gasteiger partial charge in [-0.1, -0.05) is 13.5 Å². The van der Waals surface area contributed by atoms with Crippen LogP contribution in [0, 0.1) is 0 Å². The molecule has 0 fully saturated rings. The molecule has 84 valence electrons. The van der Waals surface area contributed by atoms with Gasteiger partial charge in [-0.05, 0) is 27.6 Å². The van der Waals surface area contributed by atoms with Gasteiger partial charge >= 0.3 is 5.97 Å². The van der Waals surface area contributed by atoms with Crippen LogP contribution in [0.25, 0.3) is 0 Å². The van der Waals surface area contributed by atoms with Crippen molar-refractivity contribution in [2.75, 3.05) is 27.7 Å². The quantitative estimate of drug-likeness (QED) is 0.539. The topological polar surface area (TPSA) is 49.8 Å². The molecule has 0 heterocycles. The van der Waals surface area contributed by atoms with Gasteiger partial charge in [-0.2, -0.15) is 0 Å². The number of rotatable bonds is 4. The number of carbonyl (C=O) groups excluding carboxylic acids is 1. The van der Waals surface area contributed by atoms with Crippen LogP contribution < -0.4 is 0 Å². The summed E-state index contributed by atoms with van der Waals surface area (Å²) in [5, 5.41) is 8.56. The van der Waals surface area contributed by atoms with Crippen molar-refractivity contribution in [1.29, 1.82) is 0 Å². The standard InChI is InChI=1S/C7H12O3.C3H9N/c1-3-6(5-8)10-7(9)4-2;1-4(2)3/h4,6,8H,2-3,5H2,1H3;1-3H3. The van der Waals surface area contributed by atoms with Crippen molar-refractivity contribution in [3.8, 4) is 0 Å². The second kappa shape index (κ2) is 10.2. The average Bonchev–Trinajstić information content (AvgIpc) is 2.12. The Balaban J connectivity index is 0. The molecule has 4 heteroatoms. The van der Waals surface area contributed by atoms with E-state index in [1.807, 2.05) is 33.0 Å². The van der Waals surface area contributed by atoms with Gasteiger partial charge < -0.3 is 14.7 Å². The third-order valence-corrected chi connectivity index (χ3v) is 1.11. The van der Waals surface area contributed by atoms with Crippen molar-refractivity contribution >= 4 is 5.97 Å². The number of carbonyl (C=O) groups is 1. The van der Waals surface area contributed by atoms with Crippen LogP contribution >= 0.6 is 0 Å². The Hall–Kier alpha value is -0.870. The molecule has 0 saturated carbocycles. The molecule has 0 amide bonds. The molecule has 0 bridgehead atoms. The molecule has 1 unspecified atom stereocenters. The van der Waals surface area contributed by atoms with E-state index in [0.29, 0.717) is 6.42 Å². The molecule has 0 aromatic rings. The highest BCUT2D eigenvalue weighted by Gasteiger charge is 2.07. The number of nitrogens with zero attached hydrogens (tertiary/aromatic N) is 1. The summed E-state index contributed by atoms with van der Waals surface area (Å²) in [6.45, 7) is 4.93. The zero-order chi connectivity index (χ0) is 11.6. The fourth-order valence-electron chi connectivity index (χ4n) is 0.462. The van der Waals surface area contributed by atoms with Crippen LogP contribution in [-0.4, -0.2) is 49.8 Å². The summed E-state index contributed by atoms with van der Waals surface area (Å²) in [5.74, 6) is -0.485. The summed E-state index contributed by atoms with van der Waals surface area (Å²) in [6.07, 6.45) is 1.32. The Morgan fingerprint density at radius 3 is 2.21 bits per heavy atom. The minimum atomic E-state index is -0.485. The van der Waals surface area contributed by atoms with E-state index in [0.717, 1.165) is 6.08 Å². The van der Waals surface area contributed by atoms with Gasteiger partial charge in [0.15, 0.2) is 0 Å². The average molecular weight is 203 g/mol. The second-order valence-corrected chi connectivity index (χ2v) is 3.20. The van der Waals surface area contributed by atoms with Crippen molar-refractivity contribution in [2.45, 2.75) is 19.4 Å². The normalized spacial score (nSPS) is 11.3. The first-order valence-electron chi connectivity index (χ1n) is 4.52. The summed E-state index contributed by atoms with van der Waals surface area (Å²) in [7, 11) is 6.00. The highest BCUT2D eigenvalue weighted by molar-refractivity contribution is 5.81. The molecular formula is C10H21NO3. The van der Waals surface area contributed by atoms with Crippen LogP contribution in [0.1, 0.15) is 13.3 Å². The van der Waals surface area contributed by atoms with Crippen molar-refractivity contribution in [3.05, 3.63) is 12.7 Å². The molecule has 1 N–H and O–H groups in total. The van der Waals surface area contributed by atoms with Crippen molar-refractivity contribution in [2.24, 2.45) is 0 Å². The summed E-state index contributed by atoms with van der Waals surface area (Å²) in [4.78, 5) is 12.5. The number of hydrogen-bond donors (Lipinski definition) is 1. The number of ether oxygens (including phenoxy) is 1. The van der Waals surface area contributed by atoms with E-state index in [1.54, 1.807) is 0 Å². The van der Waals surface area contributed by atoms with Crippen molar-refractivity contribution < 1.29 is 14.6 Å². The zero-order valence-electron chi connectivity index (χ0n) is 9.49. The molecule has 1 atom stereocenters. The third kappa shape index (κ3) is 13.7. The van der Waals surface area contributed by atoms with Crippen molar-refractivity contribution in [1.82, 2.24) is 4.90 Å². The second-order valence-electron chi connectivity index (χ2n) is 3.20. The van der Waals surface area contributed by atoms with Crippen LogP contribution in [0.4, 0.5) is 0 Å². The lowest BCUT2D eigenvalue weighted by atomic mass is 10.3. The monoisotopic (exact) mass is 203 g/mol. The van der Waals surface area contributed by atoms with Crippen LogP contribution in [-0.2, 0) is 9.53 Å². The lowest BCUT2D eigenvalue weighted by molar-refractivity contribution is -0.145. The lowest BCUT2D eigenvalue weighted by Gasteiger charge is -2.10. The van der Waals surface area contributed by atoms with E-state index < -0.39 is 5.97 Å². The van der Waals surface area contributed by atoms with E-state index in [2.05, 4.69) is 6.58 Å². The largest absolute Gasteiger partial charge is 0.457 e. The molecular weight excluding hydrogens is 182 g/mol. The smallest absolute Gasteiger partial charge is 0.330 e. The van der Waals surface area contributed by atoms with E-state index in [1.165, 1.54) is 0 Å². The molecule has 0 aromatic heterocycles. The Kier molecular flexibility index (Phi) is 11.4. The van der Waals surface area contributed by atoms with Gasteiger partial charge in [0.2, 0.25) is 0 Å². The first-order chi connectivity index (χ1) is 6.47. The predicted molar refractivity (Wildman–Crippen MR) is 57.1 cm³/mol. The van der Waals surface area contributed by atoms with E-state index >= 15 is 0 Å². The molecule has 0 saturated heterocycles.